The Labute approximate surface area is 79.7 Å². The van der Waals surface area contributed by atoms with E-state index in [9.17, 15) is 0 Å². The van der Waals surface area contributed by atoms with Gasteiger partial charge in [0.15, 0.2) is 0 Å². The van der Waals surface area contributed by atoms with Crippen LogP contribution in [0.25, 0.3) is 0 Å². The van der Waals surface area contributed by atoms with Gasteiger partial charge in [0.2, 0.25) is 0 Å². The lowest BCUT2D eigenvalue weighted by Crippen LogP contribution is -2.11. The van der Waals surface area contributed by atoms with Crippen molar-refractivity contribution in [2.45, 2.75) is 38.7 Å². The maximum atomic E-state index is 5.81. The van der Waals surface area contributed by atoms with Crippen molar-refractivity contribution in [3.8, 4) is 5.75 Å². The van der Waals surface area contributed by atoms with E-state index in [4.69, 9.17) is 4.74 Å². The summed E-state index contributed by atoms with van der Waals surface area (Å²) in [6, 6.07) is 8.37. The quantitative estimate of drug-likeness (QED) is 0.687. The van der Waals surface area contributed by atoms with E-state index >= 15 is 0 Å². The third kappa shape index (κ3) is 1.85. The lowest BCUT2D eigenvalue weighted by atomic mass is 10.1. The summed E-state index contributed by atoms with van der Waals surface area (Å²) >= 11 is 0. The minimum absolute atomic E-state index is 0.442. The van der Waals surface area contributed by atoms with Crippen LogP contribution in [0.4, 0.5) is 0 Å². The fraction of sp³-hybridized carbons (Fsp3) is 0.500. The molecule has 0 fully saturated rings. The molecule has 1 aromatic rings. The standard InChI is InChI=1S/C12H16O/c1-2-3-7-11-9-10-6-4-5-8-12(10)13-11/h4-6,8,11H,2-3,7,9H2,1H3/t11-/m1/s1. The smallest absolute Gasteiger partial charge is 0.123 e. The van der Waals surface area contributed by atoms with Crippen LogP contribution >= 0.6 is 0 Å². The molecular formula is C12H16O. The number of ether oxygens (including phenoxy) is 1. The van der Waals surface area contributed by atoms with E-state index in [1.807, 2.05) is 6.07 Å². The van der Waals surface area contributed by atoms with Crippen LogP contribution in [-0.2, 0) is 6.42 Å². The monoisotopic (exact) mass is 176 g/mol. The highest BCUT2D eigenvalue weighted by Crippen LogP contribution is 2.29. The number of benzene rings is 1. The highest BCUT2D eigenvalue weighted by atomic mass is 16.5. The SMILES string of the molecule is CCCC[C@@H]1Cc2ccccc2O1. The fourth-order valence-corrected chi connectivity index (χ4v) is 1.85. The summed E-state index contributed by atoms with van der Waals surface area (Å²) in [5, 5.41) is 0. The zero-order chi connectivity index (χ0) is 9.10. The Hall–Kier alpha value is -0.980. The second-order valence-corrected chi connectivity index (χ2v) is 3.69. The van der Waals surface area contributed by atoms with Gasteiger partial charge in [0, 0.05) is 6.42 Å². The van der Waals surface area contributed by atoms with Crippen molar-refractivity contribution in [2.24, 2.45) is 0 Å². The minimum Gasteiger partial charge on any atom is -0.490 e. The molecule has 1 aromatic carbocycles. The van der Waals surface area contributed by atoms with Gasteiger partial charge in [0.1, 0.15) is 11.9 Å². The largest absolute Gasteiger partial charge is 0.490 e. The van der Waals surface area contributed by atoms with Crippen LogP contribution in [-0.4, -0.2) is 6.10 Å². The van der Waals surface area contributed by atoms with Gasteiger partial charge < -0.3 is 4.74 Å². The molecule has 0 saturated heterocycles. The number of unbranched alkanes of at least 4 members (excludes halogenated alkanes) is 1. The van der Waals surface area contributed by atoms with Crippen molar-refractivity contribution in [2.75, 3.05) is 0 Å². The van der Waals surface area contributed by atoms with E-state index in [1.54, 1.807) is 0 Å². The van der Waals surface area contributed by atoms with Crippen molar-refractivity contribution < 1.29 is 4.74 Å². The van der Waals surface area contributed by atoms with Crippen LogP contribution in [0.5, 0.6) is 5.75 Å². The van der Waals surface area contributed by atoms with Gasteiger partial charge in [-0.3, -0.25) is 0 Å². The van der Waals surface area contributed by atoms with Crippen molar-refractivity contribution in [1.29, 1.82) is 0 Å². The first kappa shape index (κ1) is 8.61. The average Bonchev–Trinajstić information content (AvgIpc) is 2.57. The fourth-order valence-electron chi connectivity index (χ4n) is 1.85. The van der Waals surface area contributed by atoms with Crippen LogP contribution < -0.4 is 4.74 Å². The molecular weight excluding hydrogens is 160 g/mol. The molecule has 1 heteroatoms. The lowest BCUT2D eigenvalue weighted by molar-refractivity contribution is 0.217. The van der Waals surface area contributed by atoms with E-state index in [0.717, 1.165) is 12.2 Å². The molecule has 0 radical (unpaired) electrons. The highest BCUT2D eigenvalue weighted by Gasteiger charge is 2.20. The van der Waals surface area contributed by atoms with E-state index in [0.29, 0.717) is 6.10 Å². The molecule has 0 N–H and O–H groups in total. The Kier molecular flexibility index (Phi) is 2.53. The summed E-state index contributed by atoms with van der Waals surface area (Å²) in [7, 11) is 0. The van der Waals surface area contributed by atoms with Crippen molar-refractivity contribution in [1.82, 2.24) is 0 Å². The molecule has 1 nitrogen and oxygen atoms in total. The zero-order valence-electron chi connectivity index (χ0n) is 8.12. The molecule has 2 rings (SSSR count). The summed E-state index contributed by atoms with van der Waals surface area (Å²) in [5.74, 6) is 1.10. The maximum Gasteiger partial charge on any atom is 0.123 e. The number of hydrogen-bond acceptors (Lipinski definition) is 1. The van der Waals surface area contributed by atoms with Gasteiger partial charge in [-0.1, -0.05) is 38.0 Å². The van der Waals surface area contributed by atoms with Gasteiger partial charge in [-0.25, -0.2) is 0 Å². The Morgan fingerprint density at radius 1 is 1.38 bits per heavy atom. The molecule has 13 heavy (non-hydrogen) atoms. The normalized spacial score (nSPS) is 19.6. The molecule has 1 aliphatic rings. The molecule has 1 aliphatic heterocycles. The Morgan fingerprint density at radius 3 is 3.00 bits per heavy atom. The summed E-state index contributed by atoms with van der Waals surface area (Å²) in [4.78, 5) is 0. The molecule has 0 spiro atoms. The van der Waals surface area contributed by atoms with Crippen molar-refractivity contribution >= 4 is 0 Å². The first-order valence-corrected chi connectivity index (χ1v) is 5.14. The van der Waals surface area contributed by atoms with Crippen LogP contribution in [0.15, 0.2) is 24.3 Å². The van der Waals surface area contributed by atoms with Gasteiger partial charge in [0.05, 0.1) is 0 Å². The van der Waals surface area contributed by atoms with Gasteiger partial charge in [-0.15, -0.1) is 0 Å². The predicted molar refractivity (Wildman–Crippen MR) is 54.1 cm³/mol. The molecule has 1 atom stereocenters. The van der Waals surface area contributed by atoms with E-state index in [1.165, 1.54) is 24.8 Å². The molecule has 0 unspecified atom stereocenters. The summed E-state index contributed by atoms with van der Waals surface area (Å²) in [5.41, 5.74) is 1.38. The van der Waals surface area contributed by atoms with Gasteiger partial charge in [-0.2, -0.15) is 0 Å². The van der Waals surface area contributed by atoms with Crippen molar-refractivity contribution in [3.63, 3.8) is 0 Å². The lowest BCUT2D eigenvalue weighted by Gasteiger charge is -2.08. The molecule has 1 heterocycles. The van der Waals surface area contributed by atoms with Gasteiger partial charge >= 0.3 is 0 Å². The third-order valence-corrected chi connectivity index (χ3v) is 2.59. The zero-order valence-corrected chi connectivity index (χ0v) is 8.12. The Morgan fingerprint density at radius 2 is 2.23 bits per heavy atom. The molecule has 0 saturated carbocycles. The summed E-state index contributed by atoms with van der Waals surface area (Å²) in [6.45, 7) is 2.22. The number of rotatable bonds is 3. The predicted octanol–water partition coefficient (Wildman–Crippen LogP) is 3.18. The van der Waals surface area contributed by atoms with E-state index in [2.05, 4.69) is 25.1 Å². The average molecular weight is 176 g/mol. The first-order valence-electron chi connectivity index (χ1n) is 5.14. The second-order valence-electron chi connectivity index (χ2n) is 3.69. The molecule has 70 valence electrons. The van der Waals surface area contributed by atoms with E-state index < -0.39 is 0 Å². The Balaban J connectivity index is 1.97. The number of hydrogen-bond donors (Lipinski definition) is 0. The van der Waals surface area contributed by atoms with Crippen molar-refractivity contribution in [3.05, 3.63) is 29.8 Å². The Bertz CT molecular complexity index is 255. The maximum absolute atomic E-state index is 5.81. The molecule has 0 bridgehead atoms. The molecule has 0 aromatic heterocycles. The summed E-state index contributed by atoms with van der Waals surface area (Å²) < 4.78 is 5.81. The third-order valence-electron chi connectivity index (χ3n) is 2.59. The van der Waals surface area contributed by atoms with Crippen LogP contribution in [0, 0.1) is 0 Å². The second kappa shape index (κ2) is 3.82. The number of fused-ring (bicyclic) bond motifs is 1. The summed E-state index contributed by atoms with van der Waals surface area (Å²) in [6.07, 6.45) is 5.29. The molecule has 0 amide bonds. The topological polar surface area (TPSA) is 9.23 Å². The number of para-hydroxylation sites is 1. The minimum atomic E-state index is 0.442. The van der Waals surface area contributed by atoms with Crippen LogP contribution in [0.1, 0.15) is 31.7 Å². The van der Waals surface area contributed by atoms with E-state index in [-0.39, 0.29) is 0 Å². The first-order chi connectivity index (χ1) is 6.40. The molecule has 0 aliphatic carbocycles. The van der Waals surface area contributed by atoms with Gasteiger partial charge in [0.25, 0.3) is 0 Å². The highest BCUT2D eigenvalue weighted by molar-refractivity contribution is 5.37. The van der Waals surface area contributed by atoms with Crippen LogP contribution in [0.3, 0.4) is 0 Å². The van der Waals surface area contributed by atoms with Crippen LogP contribution in [0.2, 0.25) is 0 Å². The van der Waals surface area contributed by atoms with Gasteiger partial charge in [-0.05, 0) is 18.1 Å².